The highest BCUT2D eigenvalue weighted by Crippen LogP contribution is 2.27. The minimum Gasteiger partial charge on any atom is -0.478 e. The molecule has 1 aromatic heterocycles. The Bertz CT molecular complexity index is 589. The van der Waals surface area contributed by atoms with Gasteiger partial charge in [0.1, 0.15) is 5.03 Å². The fraction of sp³-hybridized carbons (Fsp3) is 0.385. The van der Waals surface area contributed by atoms with Crippen LogP contribution in [0.5, 0.6) is 0 Å². The first kappa shape index (κ1) is 17.0. The quantitative estimate of drug-likeness (QED) is 0.724. The zero-order valence-corrected chi connectivity index (χ0v) is 13.0. The second kappa shape index (κ2) is 7.07. The molecule has 0 bridgehead atoms. The van der Waals surface area contributed by atoms with Gasteiger partial charge < -0.3 is 10.4 Å². The summed E-state index contributed by atoms with van der Waals surface area (Å²) in [5.41, 5.74) is 1.32. The van der Waals surface area contributed by atoms with Crippen molar-refractivity contribution in [2.75, 3.05) is 7.05 Å². The molecule has 0 radical (unpaired) electrons. The third-order valence-corrected chi connectivity index (χ3v) is 3.73. The number of aryl methyl sites for hydroxylation is 2. The van der Waals surface area contributed by atoms with Crippen LogP contribution >= 0.6 is 11.8 Å². The van der Waals surface area contributed by atoms with Crippen LogP contribution in [-0.4, -0.2) is 40.3 Å². The van der Waals surface area contributed by atoms with Gasteiger partial charge in [-0.2, -0.15) is 0 Å². The van der Waals surface area contributed by atoms with Gasteiger partial charge in [-0.05, 0) is 32.4 Å². The molecule has 1 unspecified atom stereocenters. The number of carbonyl (C=O) groups excluding carboxylic acids is 2. The molecule has 21 heavy (non-hydrogen) atoms. The highest BCUT2D eigenvalue weighted by atomic mass is 32.2. The van der Waals surface area contributed by atoms with E-state index in [1.165, 1.54) is 7.05 Å². The summed E-state index contributed by atoms with van der Waals surface area (Å²) in [4.78, 5) is 38.4. The number of pyridine rings is 1. The van der Waals surface area contributed by atoms with Crippen LogP contribution in [-0.2, 0) is 4.79 Å². The Morgan fingerprint density at radius 2 is 1.95 bits per heavy atom. The maximum Gasteiger partial charge on any atom is 0.338 e. The van der Waals surface area contributed by atoms with E-state index >= 15 is 0 Å². The Hall–Kier alpha value is -2.09. The monoisotopic (exact) mass is 311 g/mol. The minimum absolute atomic E-state index is 0.0743. The molecule has 0 aromatic carbocycles. The summed E-state index contributed by atoms with van der Waals surface area (Å²) in [7, 11) is 1.40. The number of rotatable bonds is 4. The summed E-state index contributed by atoms with van der Waals surface area (Å²) in [6, 6.07) is 1.06. The van der Waals surface area contributed by atoms with Gasteiger partial charge in [-0.3, -0.25) is 10.1 Å². The molecule has 114 valence electrons. The lowest BCUT2D eigenvalue weighted by molar-refractivity contribution is -0.119. The predicted octanol–water partition coefficient (Wildman–Crippen LogP) is 1.33. The van der Waals surface area contributed by atoms with Crippen LogP contribution < -0.4 is 10.6 Å². The van der Waals surface area contributed by atoms with Crippen molar-refractivity contribution in [2.45, 2.75) is 31.0 Å². The number of nitrogens with zero attached hydrogens (tertiary/aromatic N) is 1. The van der Waals surface area contributed by atoms with Crippen molar-refractivity contribution in [2.24, 2.45) is 0 Å². The summed E-state index contributed by atoms with van der Waals surface area (Å²) in [6.45, 7) is 5.00. The van der Waals surface area contributed by atoms with Crippen molar-refractivity contribution in [3.63, 3.8) is 0 Å². The number of hydrogen-bond donors (Lipinski definition) is 3. The van der Waals surface area contributed by atoms with E-state index in [0.29, 0.717) is 11.3 Å². The number of carboxylic acid groups (broad SMARTS) is 1. The van der Waals surface area contributed by atoms with Gasteiger partial charge in [0.05, 0.1) is 10.8 Å². The number of imide groups is 1. The number of thioether (sulfide) groups is 1. The van der Waals surface area contributed by atoms with Crippen LogP contribution in [0.1, 0.15) is 28.5 Å². The van der Waals surface area contributed by atoms with E-state index in [0.717, 1.165) is 11.8 Å². The van der Waals surface area contributed by atoms with Gasteiger partial charge in [-0.15, -0.1) is 0 Å². The first-order chi connectivity index (χ1) is 9.76. The molecule has 1 heterocycles. The summed E-state index contributed by atoms with van der Waals surface area (Å²) in [6.07, 6.45) is 0. The van der Waals surface area contributed by atoms with Crippen molar-refractivity contribution in [1.29, 1.82) is 0 Å². The maximum atomic E-state index is 11.8. The number of hydrogen-bond acceptors (Lipinski definition) is 5. The van der Waals surface area contributed by atoms with E-state index in [9.17, 15) is 19.5 Å². The van der Waals surface area contributed by atoms with Crippen LogP contribution in [0.4, 0.5) is 4.79 Å². The maximum absolute atomic E-state index is 11.8. The van der Waals surface area contributed by atoms with Gasteiger partial charge in [0.2, 0.25) is 5.91 Å². The van der Waals surface area contributed by atoms with Crippen LogP contribution in [0.3, 0.4) is 0 Å². The molecule has 1 aromatic rings. The molecule has 8 heteroatoms. The first-order valence-electron chi connectivity index (χ1n) is 6.17. The molecule has 0 aliphatic heterocycles. The SMILES string of the molecule is CNC(=O)NC(=O)C(C)Sc1nc(C)cc(C)c1C(=O)O. The van der Waals surface area contributed by atoms with E-state index in [2.05, 4.69) is 15.6 Å². The average Bonchev–Trinajstić information content (AvgIpc) is 2.36. The predicted molar refractivity (Wildman–Crippen MR) is 78.6 cm³/mol. The minimum atomic E-state index is -1.10. The van der Waals surface area contributed by atoms with Crippen LogP contribution in [0.2, 0.25) is 0 Å². The fourth-order valence-electron chi connectivity index (χ4n) is 1.64. The third kappa shape index (κ3) is 4.45. The number of amides is 3. The summed E-state index contributed by atoms with van der Waals surface area (Å²) >= 11 is 1.00. The molecule has 0 spiro atoms. The van der Waals surface area contributed by atoms with E-state index in [-0.39, 0.29) is 10.6 Å². The largest absolute Gasteiger partial charge is 0.478 e. The molecule has 1 atom stereocenters. The summed E-state index contributed by atoms with van der Waals surface area (Å²) in [5.74, 6) is -1.61. The average molecular weight is 311 g/mol. The molecule has 0 saturated carbocycles. The Morgan fingerprint density at radius 3 is 2.48 bits per heavy atom. The van der Waals surface area contributed by atoms with Crippen LogP contribution in [0.25, 0.3) is 0 Å². The zero-order valence-electron chi connectivity index (χ0n) is 12.2. The van der Waals surface area contributed by atoms with Crippen molar-refractivity contribution in [1.82, 2.24) is 15.6 Å². The highest BCUT2D eigenvalue weighted by molar-refractivity contribution is 8.00. The lowest BCUT2D eigenvalue weighted by atomic mass is 10.1. The number of carboxylic acids is 1. The topological polar surface area (TPSA) is 108 Å². The van der Waals surface area contributed by atoms with Crippen molar-refractivity contribution >= 4 is 29.7 Å². The Labute approximate surface area is 126 Å². The Morgan fingerprint density at radius 1 is 1.33 bits per heavy atom. The molecule has 3 amide bonds. The van der Waals surface area contributed by atoms with Gasteiger partial charge >= 0.3 is 12.0 Å². The lowest BCUT2D eigenvalue weighted by Crippen LogP contribution is -2.41. The van der Waals surface area contributed by atoms with Crippen molar-refractivity contribution < 1.29 is 19.5 Å². The molecule has 0 aliphatic carbocycles. The van der Waals surface area contributed by atoms with Gasteiger partial charge in [0.15, 0.2) is 0 Å². The second-order valence-electron chi connectivity index (χ2n) is 4.39. The molecular weight excluding hydrogens is 294 g/mol. The number of carbonyl (C=O) groups is 3. The van der Waals surface area contributed by atoms with Gasteiger partial charge in [0, 0.05) is 12.7 Å². The summed E-state index contributed by atoms with van der Waals surface area (Å²) in [5, 5.41) is 13.3. The number of urea groups is 1. The van der Waals surface area contributed by atoms with E-state index in [1.807, 2.05) is 0 Å². The summed E-state index contributed by atoms with van der Waals surface area (Å²) < 4.78 is 0. The molecular formula is C13H17N3O4S. The zero-order chi connectivity index (χ0) is 16.2. The first-order valence-corrected chi connectivity index (χ1v) is 7.05. The van der Waals surface area contributed by atoms with E-state index in [1.54, 1.807) is 26.8 Å². The van der Waals surface area contributed by atoms with E-state index < -0.39 is 23.2 Å². The third-order valence-electron chi connectivity index (χ3n) is 2.65. The van der Waals surface area contributed by atoms with Gasteiger partial charge in [0.25, 0.3) is 0 Å². The number of nitrogens with one attached hydrogen (secondary N) is 2. The highest BCUT2D eigenvalue weighted by Gasteiger charge is 2.22. The normalized spacial score (nSPS) is 11.6. The van der Waals surface area contributed by atoms with E-state index in [4.69, 9.17) is 0 Å². The van der Waals surface area contributed by atoms with Crippen molar-refractivity contribution in [3.8, 4) is 0 Å². The number of aromatic nitrogens is 1. The Balaban J connectivity index is 2.99. The Kier molecular flexibility index (Phi) is 5.71. The van der Waals surface area contributed by atoms with Gasteiger partial charge in [-0.1, -0.05) is 11.8 Å². The van der Waals surface area contributed by atoms with Crippen LogP contribution in [0.15, 0.2) is 11.1 Å². The smallest absolute Gasteiger partial charge is 0.338 e. The second-order valence-corrected chi connectivity index (χ2v) is 5.72. The van der Waals surface area contributed by atoms with Crippen LogP contribution in [0, 0.1) is 13.8 Å². The lowest BCUT2D eigenvalue weighted by Gasteiger charge is -2.13. The molecule has 1 rings (SSSR count). The molecule has 0 fully saturated rings. The molecule has 0 saturated heterocycles. The fourth-order valence-corrected chi connectivity index (χ4v) is 2.71. The van der Waals surface area contributed by atoms with Crippen molar-refractivity contribution in [3.05, 3.63) is 22.9 Å². The molecule has 0 aliphatic rings. The number of aromatic carboxylic acids is 1. The molecule has 7 nitrogen and oxygen atoms in total. The van der Waals surface area contributed by atoms with Gasteiger partial charge in [-0.25, -0.2) is 14.6 Å². The standard InChI is InChI=1S/C13H17N3O4S/c1-6-5-7(2)15-11(9(6)12(18)19)21-8(3)10(17)16-13(20)14-4/h5,8H,1-4H3,(H,18,19)(H2,14,16,17,20). The molecule has 3 N–H and O–H groups in total.